The number of nitrogens with zero attached hydrogens (tertiary/aromatic N) is 1. The predicted molar refractivity (Wildman–Crippen MR) is 60.6 cm³/mol. The third-order valence-electron chi connectivity index (χ3n) is 3.48. The van der Waals surface area contributed by atoms with Gasteiger partial charge in [0.05, 0.1) is 0 Å². The molecule has 5 nitrogen and oxygen atoms in total. The van der Waals surface area contributed by atoms with E-state index in [2.05, 4.69) is 13.8 Å². The number of rotatable bonds is 4. The summed E-state index contributed by atoms with van der Waals surface area (Å²) in [5.74, 6) is -2.08. The van der Waals surface area contributed by atoms with Crippen molar-refractivity contribution in [1.82, 2.24) is 4.31 Å². The van der Waals surface area contributed by atoms with Gasteiger partial charge in [0, 0.05) is 13.1 Å². The van der Waals surface area contributed by atoms with Crippen molar-refractivity contribution < 1.29 is 18.3 Å². The topological polar surface area (TPSA) is 74.7 Å². The number of carbonyl (C=O) groups is 1. The molecular weight excluding hydrogens is 230 g/mol. The van der Waals surface area contributed by atoms with Crippen molar-refractivity contribution in [3.63, 3.8) is 0 Å². The van der Waals surface area contributed by atoms with Crippen molar-refractivity contribution in [1.29, 1.82) is 0 Å². The Morgan fingerprint density at radius 3 is 2.25 bits per heavy atom. The number of aliphatic carboxylic acids is 1. The molecule has 1 N–H and O–H groups in total. The van der Waals surface area contributed by atoms with Crippen LogP contribution in [-0.2, 0) is 14.8 Å². The van der Waals surface area contributed by atoms with Crippen LogP contribution in [0.2, 0.25) is 0 Å². The summed E-state index contributed by atoms with van der Waals surface area (Å²) in [7, 11) is -3.61. The molecule has 0 radical (unpaired) electrons. The second-order valence-electron chi connectivity index (χ2n) is 4.71. The van der Waals surface area contributed by atoms with Crippen LogP contribution in [0.4, 0.5) is 0 Å². The van der Waals surface area contributed by atoms with Crippen LogP contribution in [0.15, 0.2) is 0 Å². The van der Waals surface area contributed by atoms with Crippen LogP contribution in [0.1, 0.15) is 33.1 Å². The van der Waals surface area contributed by atoms with Gasteiger partial charge in [0.25, 0.3) is 0 Å². The van der Waals surface area contributed by atoms with Gasteiger partial charge in [0.15, 0.2) is 5.75 Å². The van der Waals surface area contributed by atoms with Crippen LogP contribution in [0.25, 0.3) is 0 Å². The molecule has 0 atom stereocenters. The fourth-order valence-electron chi connectivity index (χ4n) is 1.91. The van der Waals surface area contributed by atoms with Gasteiger partial charge in [-0.2, -0.15) is 0 Å². The molecule has 1 fully saturated rings. The minimum absolute atomic E-state index is 0.204. The molecule has 0 bridgehead atoms. The molecule has 0 aromatic rings. The van der Waals surface area contributed by atoms with Crippen LogP contribution in [0.3, 0.4) is 0 Å². The van der Waals surface area contributed by atoms with Crippen LogP contribution in [-0.4, -0.2) is 42.6 Å². The Balaban J connectivity index is 2.63. The fraction of sp³-hybridized carbons (Fsp3) is 0.900. The number of sulfonamides is 1. The summed E-state index contributed by atoms with van der Waals surface area (Å²) in [6.45, 7) is 5.13. The van der Waals surface area contributed by atoms with E-state index in [1.165, 1.54) is 4.31 Å². The molecule has 0 saturated carbocycles. The summed E-state index contributed by atoms with van der Waals surface area (Å²) in [5.41, 5.74) is 0.204. The average Bonchev–Trinajstić information content (AvgIpc) is 2.16. The molecule has 0 aromatic heterocycles. The number of carboxylic acids is 1. The number of carboxylic acid groups (broad SMARTS) is 1. The molecule has 0 aliphatic carbocycles. The van der Waals surface area contributed by atoms with Crippen molar-refractivity contribution in [2.75, 3.05) is 18.8 Å². The second kappa shape index (κ2) is 4.71. The Morgan fingerprint density at radius 2 is 1.88 bits per heavy atom. The number of hydrogen-bond acceptors (Lipinski definition) is 3. The first-order chi connectivity index (χ1) is 7.29. The summed E-state index contributed by atoms with van der Waals surface area (Å²) in [6, 6.07) is 0. The van der Waals surface area contributed by atoms with Gasteiger partial charge in [-0.05, 0) is 18.3 Å². The lowest BCUT2D eigenvalue weighted by atomic mass is 9.79. The number of piperidine rings is 1. The van der Waals surface area contributed by atoms with Gasteiger partial charge in [-0.15, -0.1) is 0 Å². The number of hydrogen-bond donors (Lipinski definition) is 1. The summed E-state index contributed by atoms with van der Waals surface area (Å²) in [5, 5.41) is 8.52. The van der Waals surface area contributed by atoms with Gasteiger partial charge in [0.2, 0.25) is 10.0 Å². The monoisotopic (exact) mass is 249 g/mol. The lowest BCUT2D eigenvalue weighted by Gasteiger charge is -2.37. The zero-order valence-corrected chi connectivity index (χ0v) is 10.6. The standard InChI is InChI=1S/C10H19NO4S/c1-3-10(2)4-6-11(7-5-10)16(14,15)8-9(12)13/h3-8H2,1-2H3,(H,12,13). The van der Waals surface area contributed by atoms with E-state index >= 15 is 0 Å². The lowest BCUT2D eigenvalue weighted by Crippen LogP contribution is -2.43. The van der Waals surface area contributed by atoms with Crippen LogP contribution >= 0.6 is 0 Å². The van der Waals surface area contributed by atoms with E-state index in [0.717, 1.165) is 19.3 Å². The summed E-state index contributed by atoms with van der Waals surface area (Å²) < 4.78 is 24.6. The average molecular weight is 249 g/mol. The Labute approximate surface area is 96.5 Å². The van der Waals surface area contributed by atoms with Crippen molar-refractivity contribution in [2.24, 2.45) is 5.41 Å². The van der Waals surface area contributed by atoms with Crippen molar-refractivity contribution in [2.45, 2.75) is 33.1 Å². The van der Waals surface area contributed by atoms with Crippen molar-refractivity contribution in [3.8, 4) is 0 Å². The van der Waals surface area contributed by atoms with E-state index in [1.54, 1.807) is 0 Å². The first-order valence-corrected chi connectivity index (χ1v) is 7.10. The second-order valence-corrected chi connectivity index (χ2v) is 6.68. The molecule has 6 heteroatoms. The Morgan fingerprint density at radius 1 is 1.38 bits per heavy atom. The van der Waals surface area contributed by atoms with E-state index < -0.39 is 21.7 Å². The van der Waals surface area contributed by atoms with Crippen LogP contribution < -0.4 is 0 Å². The van der Waals surface area contributed by atoms with Crippen molar-refractivity contribution >= 4 is 16.0 Å². The molecule has 1 saturated heterocycles. The minimum Gasteiger partial charge on any atom is -0.480 e. The Kier molecular flexibility index (Phi) is 3.96. The molecular formula is C10H19NO4S. The molecule has 94 valence electrons. The van der Waals surface area contributed by atoms with Crippen molar-refractivity contribution in [3.05, 3.63) is 0 Å². The molecule has 0 spiro atoms. The zero-order valence-electron chi connectivity index (χ0n) is 9.77. The molecule has 1 rings (SSSR count). The summed E-state index contributed by atoms with van der Waals surface area (Å²) in [6.07, 6.45) is 2.64. The van der Waals surface area contributed by atoms with E-state index in [0.29, 0.717) is 13.1 Å². The maximum Gasteiger partial charge on any atom is 0.320 e. The van der Waals surface area contributed by atoms with Gasteiger partial charge in [-0.1, -0.05) is 20.3 Å². The molecule has 1 aliphatic heterocycles. The Hall–Kier alpha value is -0.620. The van der Waals surface area contributed by atoms with E-state index in [4.69, 9.17) is 5.11 Å². The SMILES string of the molecule is CCC1(C)CCN(S(=O)(=O)CC(=O)O)CC1. The van der Waals surface area contributed by atoms with E-state index in [-0.39, 0.29) is 5.41 Å². The first kappa shape index (κ1) is 13.4. The summed E-state index contributed by atoms with van der Waals surface area (Å²) >= 11 is 0. The van der Waals surface area contributed by atoms with Gasteiger partial charge in [-0.25, -0.2) is 12.7 Å². The van der Waals surface area contributed by atoms with Gasteiger partial charge < -0.3 is 5.11 Å². The fourth-order valence-corrected chi connectivity index (χ4v) is 3.14. The van der Waals surface area contributed by atoms with E-state index in [1.807, 2.05) is 0 Å². The molecule has 0 aromatic carbocycles. The van der Waals surface area contributed by atoms with Crippen LogP contribution in [0, 0.1) is 5.41 Å². The molecule has 16 heavy (non-hydrogen) atoms. The highest BCUT2D eigenvalue weighted by Crippen LogP contribution is 2.34. The van der Waals surface area contributed by atoms with Crippen LogP contribution in [0.5, 0.6) is 0 Å². The van der Waals surface area contributed by atoms with Gasteiger partial charge in [0.1, 0.15) is 0 Å². The normalized spacial score (nSPS) is 21.9. The first-order valence-electron chi connectivity index (χ1n) is 5.49. The summed E-state index contributed by atoms with van der Waals surface area (Å²) in [4.78, 5) is 10.4. The molecule has 1 heterocycles. The predicted octanol–water partition coefficient (Wildman–Crippen LogP) is 0.913. The molecule has 0 unspecified atom stereocenters. The third-order valence-corrected chi connectivity index (χ3v) is 5.25. The van der Waals surface area contributed by atoms with E-state index in [9.17, 15) is 13.2 Å². The van der Waals surface area contributed by atoms with Gasteiger partial charge in [-0.3, -0.25) is 4.79 Å². The maximum absolute atomic E-state index is 11.6. The highest BCUT2D eigenvalue weighted by molar-refractivity contribution is 7.89. The molecule has 1 aliphatic rings. The minimum atomic E-state index is -3.61. The third kappa shape index (κ3) is 3.18. The highest BCUT2D eigenvalue weighted by Gasteiger charge is 2.34. The van der Waals surface area contributed by atoms with Gasteiger partial charge >= 0.3 is 5.97 Å². The zero-order chi connectivity index (χ0) is 12.4. The molecule has 0 amide bonds. The smallest absolute Gasteiger partial charge is 0.320 e. The quantitative estimate of drug-likeness (QED) is 0.803. The highest BCUT2D eigenvalue weighted by atomic mass is 32.2. The maximum atomic E-state index is 11.6. The Bertz CT molecular complexity index is 355. The lowest BCUT2D eigenvalue weighted by molar-refractivity contribution is -0.134. The largest absolute Gasteiger partial charge is 0.480 e.